The van der Waals surface area contributed by atoms with Gasteiger partial charge in [0.1, 0.15) is 5.75 Å². The highest BCUT2D eigenvalue weighted by Crippen LogP contribution is 2.28. The van der Waals surface area contributed by atoms with Crippen LogP contribution in [0.1, 0.15) is 22.5 Å². The first-order chi connectivity index (χ1) is 17.6. The molecule has 9 heteroatoms. The molecule has 0 saturated carbocycles. The standard InChI is InChI=1S/C27H27N7OS/c1-19-8-7-9-20(2)25(19)34-24(28-31-32-34)18-36-27-30-29-26(22-12-14-23(35-3)15-13-22)33(27)17-16-21-10-5-4-6-11-21/h4-15H,16-18H2,1-3H3. The smallest absolute Gasteiger partial charge is 0.191 e. The first kappa shape index (κ1) is 23.7. The molecule has 0 atom stereocenters. The van der Waals surface area contributed by atoms with E-state index in [-0.39, 0.29) is 0 Å². The van der Waals surface area contributed by atoms with E-state index >= 15 is 0 Å². The van der Waals surface area contributed by atoms with Crippen molar-refractivity contribution in [3.05, 3.63) is 95.3 Å². The fourth-order valence-electron chi connectivity index (χ4n) is 4.17. The lowest BCUT2D eigenvalue weighted by atomic mass is 10.1. The number of methoxy groups -OCH3 is 1. The van der Waals surface area contributed by atoms with Gasteiger partial charge >= 0.3 is 0 Å². The Bertz CT molecular complexity index is 1420. The molecule has 0 saturated heterocycles. The Hall–Kier alpha value is -3.98. The molecular weight excluding hydrogens is 470 g/mol. The van der Waals surface area contributed by atoms with E-state index in [0.29, 0.717) is 5.75 Å². The van der Waals surface area contributed by atoms with Crippen molar-refractivity contribution in [1.82, 2.24) is 35.0 Å². The molecule has 0 unspecified atom stereocenters. The van der Waals surface area contributed by atoms with Crippen molar-refractivity contribution in [2.75, 3.05) is 7.11 Å². The third-order valence-electron chi connectivity index (χ3n) is 6.05. The topological polar surface area (TPSA) is 83.5 Å². The maximum atomic E-state index is 5.32. The predicted molar refractivity (Wildman–Crippen MR) is 140 cm³/mol. The Kier molecular flexibility index (Phi) is 7.08. The Morgan fingerprint density at radius 1 is 0.833 bits per heavy atom. The van der Waals surface area contributed by atoms with E-state index in [0.717, 1.165) is 57.9 Å². The van der Waals surface area contributed by atoms with Crippen LogP contribution in [0, 0.1) is 13.8 Å². The normalized spacial score (nSPS) is 11.1. The molecule has 0 aliphatic heterocycles. The first-order valence-corrected chi connectivity index (χ1v) is 12.7. The minimum atomic E-state index is 0.562. The third kappa shape index (κ3) is 5.01. The van der Waals surface area contributed by atoms with Gasteiger partial charge in [0.25, 0.3) is 0 Å². The molecule has 0 aliphatic rings. The van der Waals surface area contributed by atoms with Crippen molar-refractivity contribution in [3.8, 4) is 22.8 Å². The molecule has 0 radical (unpaired) electrons. The van der Waals surface area contributed by atoms with Crippen LogP contribution in [0.15, 0.2) is 78.0 Å². The molecule has 3 aromatic carbocycles. The molecule has 0 bridgehead atoms. The number of nitrogens with zero attached hydrogens (tertiary/aromatic N) is 7. The van der Waals surface area contributed by atoms with Gasteiger partial charge in [-0.25, -0.2) is 0 Å². The van der Waals surface area contributed by atoms with E-state index < -0.39 is 0 Å². The Morgan fingerprint density at radius 3 is 2.31 bits per heavy atom. The minimum absolute atomic E-state index is 0.562. The second kappa shape index (κ2) is 10.7. The third-order valence-corrected chi connectivity index (χ3v) is 7.01. The molecule has 5 aromatic rings. The predicted octanol–water partition coefficient (Wildman–Crippen LogP) is 5.08. The van der Waals surface area contributed by atoms with Crippen molar-refractivity contribution < 1.29 is 4.74 Å². The number of para-hydroxylation sites is 1. The van der Waals surface area contributed by atoms with Crippen LogP contribution in [0.25, 0.3) is 17.1 Å². The number of aryl methyl sites for hydroxylation is 3. The maximum Gasteiger partial charge on any atom is 0.191 e. The van der Waals surface area contributed by atoms with Crippen molar-refractivity contribution in [2.24, 2.45) is 0 Å². The highest BCUT2D eigenvalue weighted by Gasteiger charge is 2.18. The number of hydrogen-bond acceptors (Lipinski definition) is 7. The molecule has 0 fully saturated rings. The van der Waals surface area contributed by atoms with Crippen LogP contribution < -0.4 is 4.74 Å². The fraction of sp³-hybridized carbons (Fsp3) is 0.222. The van der Waals surface area contributed by atoms with E-state index in [1.54, 1.807) is 18.9 Å². The quantitative estimate of drug-likeness (QED) is 0.263. The van der Waals surface area contributed by atoms with Crippen LogP contribution in [-0.2, 0) is 18.7 Å². The van der Waals surface area contributed by atoms with Gasteiger partial charge in [-0.15, -0.1) is 15.3 Å². The van der Waals surface area contributed by atoms with Gasteiger partial charge in [0, 0.05) is 12.1 Å². The number of ether oxygens (including phenoxy) is 1. The molecule has 2 aromatic heterocycles. The summed E-state index contributed by atoms with van der Waals surface area (Å²) < 4.78 is 9.32. The largest absolute Gasteiger partial charge is 0.497 e. The molecular formula is C27H27N7OS. The summed E-state index contributed by atoms with van der Waals surface area (Å²) in [5.74, 6) is 2.96. The fourth-order valence-corrected chi connectivity index (χ4v) is 5.04. The van der Waals surface area contributed by atoms with Crippen molar-refractivity contribution in [1.29, 1.82) is 0 Å². The molecule has 0 spiro atoms. The second-order valence-electron chi connectivity index (χ2n) is 8.46. The minimum Gasteiger partial charge on any atom is -0.497 e. The van der Waals surface area contributed by atoms with Gasteiger partial charge in [0.2, 0.25) is 0 Å². The molecule has 0 N–H and O–H groups in total. The average Bonchev–Trinajstić information content (AvgIpc) is 3.53. The lowest BCUT2D eigenvalue weighted by Gasteiger charge is -2.12. The lowest BCUT2D eigenvalue weighted by molar-refractivity contribution is 0.415. The number of tetrazole rings is 1. The number of aromatic nitrogens is 7. The first-order valence-electron chi connectivity index (χ1n) is 11.7. The lowest BCUT2D eigenvalue weighted by Crippen LogP contribution is -2.08. The maximum absolute atomic E-state index is 5.32. The van der Waals surface area contributed by atoms with Gasteiger partial charge in [-0.2, -0.15) is 4.68 Å². The van der Waals surface area contributed by atoms with Crippen molar-refractivity contribution in [2.45, 2.75) is 37.7 Å². The van der Waals surface area contributed by atoms with Crippen LogP contribution in [0.4, 0.5) is 0 Å². The Labute approximate surface area is 214 Å². The monoisotopic (exact) mass is 497 g/mol. The summed E-state index contributed by atoms with van der Waals surface area (Å²) in [6.45, 7) is 4.90. The summed E-state index contributed by atoms with van der Waals surface area (Å²) in [6.07, 6.45) is 0.871. The zero-order chi connectivity index (χ0) is 24.9. The summed E-state index contributed by atoms with van der Waals surface area (Å²) in [5, 5.41) is 22.5. The van der Waals surface area contributed by atoms with Crippen molar-refractivity contribution in [3.63, 3.8) is 0 Å². The molecule has 36 heavy (non-hydrogen) atoms. The number of thioether (sulfide) groups is 1. The molecule has 0 amide bonds. The number of benzene rings is 3. The van der Waals surface area contributed by atoms with E-state index in [2.05, 4.69) is 80.5 Å². The second-order valence-corrected chi connectivity index (χ2v) is 9.40. The summed E-state index contributed by atoms with van der Waals surface area (Å²) >= 11 is 1.58. The van der Waals surface area contributed by atoms with E-state index in [9.17, 15) is 0 Å². The molecule has 182 valence electrons. The Morgan fingerprint density at radius 2 is 1.58 bits per heavy atom. The van der Waals surface area contributed by atoms with Crippen LogP contribution in [0.5, 0.6) is 5.75 Å². The van der Waals surface area contributed by atoms with Crippen LogP contribution >= 0.6 is 11.8 Å². The molecule has 0 aliphatic carbocycles. The Balaban J connectivity index is 1.43. The summed E-state index contributed by atoms with van der Waals surface area (Å²) in [4.78, 5) is 0. The van der Waals surface area contributed by atoms with Gasteiger partial charge < -0.3 is 9.30 Å². The van der Waals surface area contributed by atoms with Gasteiger partial charge in [0.05, 0.1) is 18.6 Å². The van der Waals surface area contributed by atoms with Crippen LogP contribution in [0.3, 0.4) is 0 Å². The zero-order valence-corrected chi connectivity index (χ0v) is 21.3. The van der Waals surface area contributed by atoms with Gasteiger partial charge in [-0.05, 0) is 71.7 Å². The van der Waals surface area contributed by atoms with E-state index in [4.69, 9.17) is 4.74 Å². The van der Waals surface area contributed by atoms with Crippen molar-refractivity contribution >= 4 is 11.8 Å². The SMILES string of the molecule is COc1ccc(-c2nnc(SCc3nnnn3-c3c(C)cccc3C)n2CCc2ccccc2)cc1. The zero-order valence-electron chi connectivity index (χ0n) is 20.5. The summed E-state index contributed by atoms with van der Waals surface area (Å²) in [7, 11) is 1.66. The summed E-state index contributed by atoms with van der Waals surface area (Å²) in [5.41, 5.74) is 5.52. The highest BCUT2D eigenvalue weighted by molar-refractivity contribution is 7.98. The number of hydrogen-bond donors (Lipinski definition) is 0. The van der Waals surface area contributed by atoms with Gasteiger partial charge in [-0.1, -0.05) is 60.3 Å². The van der Waals surface area contributed by atoms with Crippen LogP contribution in [0.2, 0.25) is 0 Å². The molecule has 8 nitrogen and oxygen atoms in total. The average molecular weight is 498 g/mol. The summed E-state index contributed by atoms with van der Waals surface area (Å²) in [6, 6.07) is 24.5. The highest BCUT2D eigenvalue weighted by atomic mass is 32.2. The number of rotatable bonds is 9. The molecule has 5 rings (SSSR count). The van der Waals surface area contributed by atoms with E-state index in [1.165, 1.54) is 5.56 Å². The van der Waals surface area contributed by atoms with E-state index in [1.807, 2.05) is 41.1 Å². The van der Waals surface area contributed by atoms with Crippen LogP contribution in [-0.4, -0.2) is 42.1 Å². The molecule has 2 heterocycles. The van der Waals surface area contributed by atoms with Gasteiger partial charge in [-0.3, -0.25) is 0 Å². The van der Waals surface area contributed by atoms with Gasteiger partial charge in [0.15, 0.2) is 16.8 Å².